The van der Waals surface area contributed by atoms with E-state index in [1.807, 2.05) is 0 Å². The van der Waals surface area contributed by atoms with Crippen LogP contribution in [-0.4, -0.2) is 12.2 Å². The highest BCUT2D eigenvalue weighted by Gasteiger charge is 2.45. The average molecular weight is 155 g/mol. The molecule has 0 spiro atoms. The van der Waals surface area contributed by atoms with Gasteiger partial charge in [-0.1, -0.05) is 20.8 Å². The first-order chi connectivity index (χ1) is 5.07. The molecule has 3 atom stereocenters. The quantitative estimate of drug-likeness (QED) is 0.488. The lowest BCUT2D eigenvalue weighted by molar-refractivity contribution is 0.0685. The number of hydrogen-bond donors (Lipinski definition) is 0. The van der Waals surface area contributed by atoms with Gasteiger partial charge in [-0.3, -0.25) is 0 Å². The highest BCUT2D eigenvalue weighted by atomic mass is 16.6. The fourth-order valence-corrected chi connectivity index (χ4v) is 2.55. The van der Waals surface area contributed by atoms with Crippen LogP contribution in [0.15, 0.2) is 0 Å². The van der Waals surface area contributed by atoms with E-state index in [0.29, 0.717) is 17.6 Å². The van der Waals surface area contributed by atoms with Gasteiger partial charge in [0.1, 0.15) is 0 Å². The van der Waals surface area contributed by atoms with E-state index in [-0.39, 0.29) is 0 Å². The number of fused-ring (bicyclic) bond motifs is 2. The van der Waals surface area contributed by atoms with Gasteiger partial charge in [-0.2, -0.15) is 0 Å². The second-order valence-electron chi connectivity index (χ2n) is 5.08. The molecule has 0 radical (unpaired) electrons. The van der Waals surface area contributed by atoms with E-state index >= 15 is 0 Å². The van der Waals surface area contributed by atoms with E-state index in [0.717, 1.165) is 5.92 Å². The molecule has 0 amide bonds. The summed E-state index contributed by atoms with van der Waals surface area (Å²) in [5.74, 6) is 0.821. The lowest BCUT2D eigenvalue weighted by Crippen LogP contribution is -2.29. The van der Waals surface area contributed by atoms with Crippen molar-refractivity contribution in [3.63, 3.8) is 0 Å². The van der Waals surface area contributed by atoms with Crippen LogP contribution in [0.3, 0.4) is 0 Å². The smallest absolute Gasteiger partial charge is 0.0613 e. The summed E-state index contributed by atoms with van der Waals surface area (Å²) in [6, 6.07) is 0. The molecule has 11 heavy (non-hydrogen) atoms. The Hall–Kier alpha value is -0.0400. The van der Waals surface area contributed by atoms with Crippen LogP contribution in [0.5, 0.6) is 0 Å². The van der Waals surface area contributed by atoms with Gasteiger partial charge in [0.25, 0.3) is 0 Å². The molecule has 1 heteroatoms. The first-order valence-corrected chi connectivity index (χ1v) is 4.73. The molecule has 0 N–H and O–H groups in total. The minimum absolute atomic E-state index is 0.458. The summed E-state index contributed by atoms with van der Waals surface area (Å²) in [7, 11) is 0. The summed E-state index contributed by atoms with van der Waals surface area (Å²) in [6.45, 7) is 7.01. The zero-order valence-corrected chi connectivity index (χ0v) is 7.76. The molecule has 0 saturated carbocycles. The lowest BCUT2D eigenvalue weighted by atomic mass is 9.74. The Labute approximate surface area is 69.1 Å². The molecule has 0 aromatic heterocycles. The van der Waals surface area contributed by atoms with E-state index in [2.05, 4.69) is 20.8 Å². The molecule has 0 aliphatic carbocycles. The van der Waals surface area contributed by atoms with Gasteiger partial charge in [0.05, 0.1) is 12.2 Å². The van der Waals surface area contributed by atoms with Gasteiger partial charge in [0.15, 0.2) is 0 Å². The molecule has 64 valence electrons. The fraction of sp³-hybridized carbons (Fsp3) is 1.00. The van der Waals surface area contributed by atoms with Crippen LogP contribution >= 0.6 is 0 Å². The average Bonchev–Trinajstić information content (AvgIpc) is 2.42. The van der Waals surface area contributed by atoms with Crippen molar-refractivity contribution in [1.29, 1.82) is 0 Å². The Morgan fingerprint density at radius 2 is 1.91 bits per heavy atom. The zero-order valence-electron chi connectivity index (χ0n) is 7.76. The van der Waals surface area contributed by atoms with Gasteiger partial charge in [0.2, 0.25) is 0 Å². The number of ether oxygens (including phenoxy) is 1. The monoisotopic (exact) mass is 155 g/mol. The minimum atomic E-state index is 0.458. The fourth-order valence-electron chi connectivity index (χ4n) is 2.55. The second kappa shape index (κ2) is 2.22. The predicted molar refractivity (Wildman–Crippen MR) is 45.5 cm³/mol. The molecule has 2 rings (SSSR count). The third-order valence-electron chi connectivity index (χ3n) is 3.22. The summed E-state index contributed by atoms with van der Waals surface area (Å²) in [5.41, 5.74) is 0.458. The number of hydrogen-bond acceptors (Lipinski definition) is 1. The minimum Gasteiger partial charge on any atom is -0.375 e. The van der Waals surface area contributed by atoms with Crippen molar-refractivity contribution in [3.05, 3.63) is 0 Å². The molecule has 2 aliphatic rings. The van der Waals surface area contributed by atoms with Crippen molar-refractivity contribution in [1.82, 2.24) is 0 Å². The second-order valence-corrected chi connectivity index (χ2v) is 5.08. The van der Waals surface area contributed by atoms with Crippen molar-refractivity contribution in [3.8, 4) is 0 Å². The first kappa shape index (κ1) is 7.60. The van der Waals surface area contributed by atoms with Crippen LogP contribution in [-0.2, 0) is 4.74 Å². The van der Waals surface area contributed by atoms with Crippen molar-refractivity contribution >= 4 is 0 Å². The summed E-state index contributed by atoms with van der Waals surface area (Å²) in [4.78, 5) is 0. The van der Waals surface area contributed by atoms with E-state index in [9.17, 15) is 0 Å². The molecular formula is C10H18O. The summed E-state index contributed by atoms with van der Waals surface area (Å²) < 4.78 is 5.81. The molecule has 0 aromatic rings. The maximum absolute atomic E-state index is 5.81. The van der Waals surface area contributed by atoms with Crippen molar-refractivity contribution in [2.75, 3.05) is 0 Å². The van der Waals surface area contributed by atoms with Crippen molar-refractivity contribution < 1.29 is 4.74 Å². The van der Waals surface area contributed by atoms with Crippen molar-refractivity contribution in [2.45, 2.75) is 52.2 Å². The molecule has 2 heterocycles. The summed E-state index contributed by atoms with van der Waals surface area (Å²) >= 11 is 0. The van der Waals surface area contributed by atoms with Crippen LogP contribution in [0.1, 0.15) is 40.0 Å². The first-order valence-electron chi connectivity index (χ1n) is 4.73. The Morgan fingerprint density at radius 3 is 2.18 bits per heavy atom. The molecular weight excluding hydrogens is 137 g/mol. The standard InChI is InChI=1S/C10H18O/c1-10(2,3)8-6-7-4-5-9(8)11-7/h7-9H,4-6H2,1-3H3/i7+1,10+0. The maximum Gasteiger partial charge on any atom is 0.0613 e. The Bertz CT molecular complexity index is 157. The lowest BCUT2D eigenvalue weighted by Gasteiger charge is -2.31. The molecule has 2 bridgehead atoms. The Kier molecular flexibility index (Phi) is 1.54. The molecule has 0 aromatic carbocycles. The molecule has 2 aliphatic heterocycles. The van der Waals surface area contributed by atoms with E-state index in [1.54, 1.807) is 0 Å². The van der Waals surface area contributed by atoms with Gasteiger partial charge in [0, 0.05) is 0 Å². The van der Waals surface area contributed by atoms with Crippen LogP contribution in [0.2, 0.25) is 0 Å². The molecule has 3 unspecified atom stereocenters. The van der Waals surface area contributed by atoms with Gasteiger partial charge >= 0.3 is 0 Å². The van der Waals surface area contributed by atoms with E-state index in [1.165, 1.54) is 19.3 Å². The van der Waals surface area contributed by atoms with Crippen LogP contribution in [0.4, 0.5) is 0 Å². The maximum atomic E-state index is 5.81. The van der Waals surface area contributed by atoms with Crippen molar-refractivity contribution in [2.24, 2.45) is 11.3 Å². The number of rotatable bonds is 0. The molecule has 2 saturated heterocycles. The zero-order chi connectivity index (χ0) is 8.06. The van der Waals surface area contributed by atoms with Gasteiger partial charge in [-0.15, -0.1) is 0 Å². The third-order valence-corrected chi connectivity index (χ3v) is 3.22. The SMILES string of the molecule is C[12C](C)(C)C1C[13CH]2CCC1O2. The highest BCUT2D eigenvalue weighted by molar-refractivity contribution is 4.94. The topological polar surface area (TPSA) is 9.23 Å². The molecule has 2 fully saturated rings. The Balaban J connectivity index is 2.08. The normalized spacial score (nSPS) is 43.4. The van der Waals surface area contributed by atoms with Gasteiger partial charge in [-0.05, 0) is 30.6 Å². The Morgan fingerprint density at radius 1 is 1.18 bits per heavy atom. The largest absolute Gasteiger partial charge is 0.375 e. The third kappa shape index (κ3) is 1.20. The predicted octanol–water partition coefficient (Wildman–Crippen LogP) is 2.60. The molecule has 1 nitrogen and oxygen atoms in total. The van der Waals surface area contributed by atoms with E-state index in [4.69, 9.17) is 4.74 Å². The van der Waals surface area contributed by atoms with Crippen LogP contribution in [0, 0.1) is 11.3 Å². The van der Waals surface area contributed by atoms with Crippen LogP contribution in [0.25, 0.3) is 0 Å². The van der Waals surface area contributed by atoms with Gasteiger partial charge in [-0.25, -0.2) is 0 Å². The summed E-state index contributed by atoms with van der Waals surface area (Å²) in [5, 5.41) is 0. The van der Waals surface area contributed by atoms with Crippen LogP contribution < -0.4 is 0 Å². The van der Waals surface area contributed by atoms with Gasteiger partial charge < -0.3 is 4.74 Å². The van der Waals surface area contributed by atoms with E-state index < -0.39 is 0 Å². The summed E-state index contributed by atoms with van der Waals surface area (Å²) in [6.07, 6.45) is 5.15. The highest BCUT2D eigenvalue weighted by Crippen LogP contribution is 2.46.